The average molecular weight is 276 g/mol. The van der Waals surface area contributed by atoms with Crippen molar-refractivity contribution in [3.63, 3.8) is 0 Å². The summed E-state index contributed by atoms with van der Waals surface area (Å²) in [7, 11) is 0. The molecule has 0 aromatic heterocycles. The van der Waals surface area contributed by atoms with Gasteiger partial charge in [0.25, 0.3) is 0 Å². The van der Waals surface area contributed by atoms with Crippen LogP contribution in [0.3, 0.4) is 0 Å². The Bertz CT molecular complexity index is 425. The third-order valence-corrected chi connectivity index (χ3v) is 3.76. The van der Waals surface area contributed by atoms with Crippen LogP contribution in [0, 0.1) is 5.92 Å². The van der Waals surface area contributed by atoms with Gasteiger partial charge in [-0.2, -0.15) is 0 Å². The zero-order valence-corrected chi connectivity index (χ0v) is 12.3. The van der Waals surface area contributed by atoms with Gasteiger partial charge in [0.05, 0.1) is 13.0 Å². The molecule has 2 N–H and O–H groups in total. The summed E-state index contributed by atoms with van der Waals surface area (Å²) in [5.74, 6) is 0.662. The zero-order chi connectivity index (χ0) is 14.4. The van der Waals surface area contributed by atoms with Crippen molar-refractivity contribution in [3.05, 3.63) is 29.8 Å². The summed E-state index contributed by atoms with van der Waals surface area (Å²) in [6.45, 7) is 6.53. The maximum absolute atomic E-state index is 11.5. The molecule has 1 aromatic carbocycles. The molecule has 1 aromatic rings. The molecule has 1 fully saturated rings. The Morgan fingerprint density at radius 1 is 1.40 bits per heavy atom. The molecule has 1 heterocycles. The van der Waals surface area contributed by atoms with Crippen molar-refractivity contribution in [1.29, 1.82) is 0 Å². The second-order valence-electron chi connectivity index (χ2n) is 5.38. The molecule has 1 saturated heterocycles. The second kappa shape index (κ2) is 7.29. The highest BCUT2D eigenvalue weighted by atomic mass is 16.5. The van der Waals surface area contributed by atoms with Gasteiger partial charge in [-0.25, -0.2) is 0 Å². The molecule has 2 rings (SSSR count). The van der Waals surface area contributed by atoms with Crippen LogP contribution < -0.4 is 10.6 Å². The van der Waals surface area contributed by atoms with Gasteiger partial charge >= 0.3 is 0 Å². The summed E-state index contributed by atoms with van der Waals surface area (Å²) >= 11 is 0. The number of ether oxygens (including phenoxy) is 1. The van der Waals surface area contributed by atoms with Gasteiger partial charge in [-0.3, -0.25) is 4.79 Å². The molecule has 1 aliphatic heterocycles. The van der Waals surface area contributed by atoms with Crippen LogP contribution in [-0.2, 0) is 16.0 Å². The lowest BCUT2D eigenvalue weighted by atomic mass is 10.0. The topological polar surface area (TPSA) is 50.4 Å². The molecule has 0 bridgehead atoms. The molecule has 110 valence electrons. The number of hydrogen-bond donors (Lipinski definition) is 2. The minimum Gasteiger partial charge on any atom is -0.382 e. The number of likely N-dealkylation sites (N-methyl/N-ethyl adjacent to an activating group) is 1. The van der Waals surface area contributed by atoms with Gasteiger partial charge in [0, 0.05) is 30.8 Å². The predicted molar refractivity (Wildman–Crippen MR) is 80.8 cm³/mol. The second-order valence-corrected chi connectivity index (χ2v) is 5.38. The molecular formula is C16H24N2O2. The van der Waals surface area contributed by atoms with E-state index in [0.717, 1.165) is 30.9 Å². The molecule has 1 amide bonds. The highest BCUT2D eigenvalue weighted by Crippen LogP contribution is 2.20. The molecule has 1 aliphatic rings. The molecule has 2 atom stereocenters. The summed E-state index contributed by atoms with van der Waals surface area (Å²) < 4.78 is 5.42. The van der Waals surface area contributed by atoms with Crippen molar-refractivity contribution in [2.45, 2.75) is 32.7 Å². The first kappa shape index (κ1) is 14.9. The quantitative estimate of drug-likeness (QED) is 0.837. The maximum atomic E-state index is 11.5. The van der Waals surface area contributed by atoms with E-state index in [9.17, 15) is 4.79 Å². The number of anilines is 1. The number of amides is 1. The third-order valence-electron chi connectivity index (χ3n) is 3.76. The van der Waals surface area contributed by atoms with E-state index in [4.69, 9.17) is 4.74 Å². The summed E-state index contributed by atoms with van der Waals surface area (Å²) in [5.41, 5.74) is 2.14. The van der Waals surface area contributed by atoms with Gasteiger partial charge in [0.15, 0.2) is 0 Å². The number of hydrogen-bond acceptors (Lipinski definition) is 3. The van der Waals surface area contributed by atoms with Crippen LogP contribution >= 0.6 is 0 Å². The highest BCUT2D eigenvalue weighted by Gasteiger charge is 2.21. The smallest absolute Gasteiger partial charge is 0.224 e. The maximum Gasteiger partial charge on any atom is 0.224 e. The summed E-state index contributed by atoms with van der Waals surface area (Å²) in [4.78, 5) is 11.5. The van der Waals surface area contributed by atoms with Gasteiger partial charge < -0.3 is 15.4 Å². The van der Waals surface area contributed by atoms with E-state index in [2.05, 4.69) is 17.6 Å². The lowest BCUT2D eigenvalue weighted by molar-refractivity contribution is -0.120. The van der Waals surface area contributed by atoms with E-state index in [0.29, 0.717) is 24.9 Å². The van der Waals surface area contributed by atoms with Crippen LogP contribution in [0.4, 0.5) is 5.69 Å². The van der Waals surface area contributed by atoms with Crippen LogP contribution in [0.1, 0.15) is 25.8 Å². The molecule has 0 saturated carbocycles. The van der Waals surface area contributed by atoms with Crippen molar-refractivity contribution >= 4 is 11.6 Å². The Hall–Kier alpha value is -1.55. The fraction of sp³-hybridized carbons (Fsp3) is 0.562. The normalized spacial score (nSPS) is 19.6. The Morgan fingerprint density at radius 3 is 2.75 bits per heavy atom. The van der Waals surface area contributed by atoms with E-state index in [1.165, 1.54) is 0 Å². The van der Waals surface area contributed by atoms with E-state index < -0.39 is 0 Å². The SMILES string of the molecule is CCNC(=O)Cc1ccc(NC(C)C2CCOC2)cc1. The number of nitrogens with one attached hydrogen (secondary N) is 2. The fourth-order valence-electron chi connectivity index (χ4n) is 2.49. The van der Waals surface area contributed by atoms with E-state index in [-0.39, 0.29) is 5.91 Å². The summed E-state index contributed by atoms with van der Waals surface area (Å²) in [6.07, 6.45) is 1.57. The Morgan fingerprint density at radius 2 is 2.15 bits per heavy atom. The first-order valence-electron chi connectivity index (χ1n) is 7.39. The third kappa shape index (κ3) is 4.23. The standard InChI is InChI=1S/C16H24N2O2/c1-3-17-16(19)10-13-4-6-15(7-5-13)18-12(2)14-8-9-20-11-14/h4-7,12,14,18H,3,8-11H2,1-2H3,(H,17,19). The average Bonchev–Trinajstić information content (AvgIpc) is 2.95. The van der Waals surface area contributed by atoms with Crippen molar-refractivity contribution in [3.8, 4) is 0 Å². The van der Waals surface area contributed by atoms with Crippen molar-refractivity contribution in [2.75, 3.05) is 25.1 Å². The molecule has 4 nitrogen and oxygen atoms in total. The molecule has 4 heteroatoms. The zero-order valence-electron chi connectivity index (χ0n) is 12.3. The molecule has 0 radical (unpaired) electrons. The van der Waals surface area contributed by atoms with Gasteiger partial charge in [-0.05, 0) is 38.0 Å². The Kier molecular flexibility index (Phi) is 5.41. The predicted octanol–water partition coefficient (Wildman–Crippen LogP) is 2.20. The van der Waals surface area contributed by atoms with Crippen molar-refractivity contribution in [1.82, 2.24) is 5.32 Å². The van der Waals surface area contributed by atoms with E-state index in [1.807, 2.05) is 31.2 Å². The lowest BCUT2D eigenvalue weighted by Crippen LogP contribution is -2.26. The van der Waals surface area contributed by atoms with Gasteiger partial charge in [0.1, 0.15) is 0 Å². The number of benzene rings is 1. The van der Waals surface area contributed by atoms with Crippen molar-refractivity contribution < 1.29 is 9.53 Å². The first-order valence-corrected chi connectivity index (χ1v) is 7.39. The summed E-state index contributed by atoms with van der Waals surface area (Å²) in [6, 6.07) is 8.51. The van der Waals surface area contributed by atoms with Crippen LogP contribution in [0.25, 0.3) is 0 Å². The van der Waals surface area contributed by atoms with E-state index >= 15 is 0 Å². The molecular weight excluding hydrogens is 252 g/mol. The Labute approximate surface area is 120 Å². The first-order chi connectivity index (χ1) is 9.69. The lowest BCUT2D eigenvalue weighted by Gasteiger charge is -2.20. The molecule has 2 unspecified atom stereocenters. The number of carbonyl (C=O) groups excluding carboxylic acids is 1. The fourth-order valence-corrected chi connectivity index (χ4v) is 2.49. The highest BCUT2D eigenvalue weighted by molar-refractivity contribution is 5.78. The molecule has 0 spiro atoms. The monoisotopic (exact) mass is 276 g/mol. The minimum atomic E-state index is 0.0738. The van der Waals surface area contributed by atoms with Crippen molar-refractivity contribution in [2.24, 2.45) is 5.92 Å². The number of carbonyl (C=O) groups is 1. The molecule has 0 aliphatic carbocycles. The molecule has 20 heavy (non-hydrogen) atoms. The largest absolute Gasteiger partial charge is 0.382 e. The van der Waals surface area contributed by atoms with Crippen LogP contribution in [0.5, 0.6) is 0 Å². The van der Waals surface area contributed by atoms with Crippen LogP contribution in [-0.4, -0.2) is 31.7 Å². The number of rotatable bonds is 6. The Balaban J connectivity index is 1.86. The van der Waals surface area contributed by atoms with Gasteiger partial charge in [0.2, 0.25) is 5.91 Å². The van der Waals surface area contributed by atoms with Gasteiger partial charge in [-0.1, -0.05) is 12.1 Å². The van der Waals surface area contributed by atoms with Crippen LogP contribution in [0.15, 0.2) is 24.3 Å². The summed E-state index contributed by atoms with van der Waals surface area (Å²) in [5, 5.41) is 6.32. The van der Waals surface area contributed by atoms with Crippen LogP contribution in [0.2, 0.25) is 0 Å². The minimum absolute atomic E-state index is 0.0738. The van der Waals surface area contributed by atoms with Gasteiger partial charge in [-0.15, -0.1) is 0 Å². The van der Waals surface area contributed by atoms with E-state index in [1.54, 1.807) is 0 Å².